The highest BCUT2D eigenvalue weighted by atomic mass is 127. The molecule has 0 aliphatic carbocycles. The van der Waals surface area contributed by atoms with Crippen LogP contribution in [0.2, 0.25) is 0 Å². The van der Waals surface area contributed by atoms with Gasteiger partial charge in [0.15, 0.2) is 0 Å². The summed E-state index contributed by atoms with van der Waals surface area (Å²) in [4.78, 5) is 22.9. The molecule has 17 heavy (non-hydrogen) atoms. The second-order valence-corrected chi connectivity index (χ2v) is 5.35. The van der Waals surface area contributed by atoms with Gasteiger partial charge >= 0.3 is 0 Å². The number of hydrogen-bond acceptors (Lipinski definition) is 2. The zero-order valence-electron chi connectivity index (χ0n) is 9.42. The second kappa shape index (κ2) is 5.03. The van der Waals surface area contributed by atoms with Crippen molar-refractivity contribution in [3.8, 4) is 0 Å². The van der Waals surface area contributed by atoms with Gasteiger partial charge in [-0.05, 0) is 59.7 Å². The molecule has 0 radical (unpaired) electrons. The zero-order chi connectivity index (χ0) is 12.4. The van der Waals surface area contributed by atoms with Crippen molar-refractivity contribution in [3.63, 3.8) is 0 Å². The molecule has 1 atom stereocenters. The van der Waals surface area contributed by atoms with Crippen molar-refractivity contribution in [2.45, 2.75) is 25.8 Å². The van der Waals surface area contributed by atoms with Crippen LogP contribution in [0, 0.1) is 10.5 Å². The minimum atomic E-state index is -0.388. The molecule has 1 aromatic carbocycles. The average Bonchev–Trinajstić information content (AvgIpc) is 2.69. The van der Waals surface area contributed by atoms with Gasteiger partial charge in [0.2, 0.25) is 11.8 Å². The van der Waals surface area contributed by atoms with Crippen LogP contribution >= 0.6 is 22.6 Å². The summed E-state index contributed by atoms with van der Waals surface area (Å²) in [5, 5.41) is 5.50. The maximum absolute atomic E-state index is 11.9. The first-order chi connectivity index (χ1) is 8.06. The highest BCUT2D eigenvalue weighted by Crippen LogP contribution is 2.18. The van der Waals surface area contributed by atoms with Crippen LogP contribution in [0.1, 0.15) is 18.4 Å². The molecular formula is C12H13IN2O2. The predicted octanol–water partition coefficient (Wildman–Crippen LogP) is 1.82. The van der Waals surface area contributed by atoms with Crippen LogP contribution < -0.4 is 10.6 Å². The van der Waals surface area contributed by atoms with Crippen LogP contribution in [0.5, 0.6) is 0 Å². The van der Waals surface area contributed by atoms with Crippen molar-refractivity contribution >= 4 is 40.1 Å². The monoisotopic (exact) mass is 344 g/mol. The van der Waals surface area contributed by atoms with Gasteiger partial charge in [-0.15, -0.1) is 0 Å². The predicted molar refractivity (Wildman–Crippen MR) is 73.7 cm³/mol. The SMILES string of the molecule is Cc1cc(I)ccc1NC(=O)[C@H]1CCC(=O)N1. The van der Waals surface area contributed by atoms with Gasteiger partial charge in [-0.2, -0.15) is 0 Å². The zero-order valence-corrected chi connectivity index (χ0v) is 11.6. The molecule has 0 spiro atoms. The lowest BCUT2D eigenvalue weighted by Crippen LogP contribution is -2.37. The molecular weight excluding hydrogens is 331 g/mol. The highest BCUT2D eigenvalue weighted by Gasteiger charge is 2.27. The molecule has 1 aromatic rings. The Morgan fingerprint density at radius 2 is 2.29 bits per heavy atom. The van der Waals surface area contributed by atoms with E-state index >= 15 is 0 Å². The Bertz CT molecular complexity index is 474. The van der Waals surface area contributed by atoms with E-state index in [1.165, 1.54) is 0 Å². The minimum absolute atomic E-state index is 0.0514. The maximum Gasteiger partial charge on any atom is 0.246 e. The number of carbonyl (C=O) groups excluding carboxylic acids is 2. The molecule has 1 saturated heterocycles. The molecule has 2 N–H and O–H groups in total. The Morgan fingerprint density at radius 3 is 2.88 bits per heavy atom. The Morgan fingerprint density at radius 1 is 1.53 bits per heavy atom. The van der Waals surface area contributed by atoms with E-state index in [0.29, 0.717) is 12.8 Å². The molecule has 0 bridgehead atoms. The molecule has 0 saturated carbocycles. The molecule has 0 aromatic heterocycles. The van der Waals surface area contributed by atoms with Crippen LogP contribution in [-0.2, 0) is 9.59 Å². The number of carbonyl (C=O) groups is 2. The van der Waals surface area contributed by atoms with E-state index in [1.807, 2.05) is 25.1 Å². The third-order valence-electron chi connectivity index (χ3n) is 2.76. The van der Waals surface area contributed by atoms with Crippen LogP contribution in [0.4, 0.5) is 5.69 Å². The van der Waals surface area contributed by atoms with Gasteiger partial charge in [0.1, 0.15) is 6.04 Å². The summed E-state index contributed by atoms with van der Waals surface area (Å²) in [5.74, 6) is -0.190. The number of anilines is 1. The van der Waals surface area contributed by atoms with E-state index in [4.69, 9.17) is 0 Å². The Hall–Kier alpha value is -1.11. The summed E-state index contributed by atoms with van der Waals surface area (Å²) >= 11 is 2.23. The quantitative estimate of drug-likeness (QED) is 0.804. The van der Waals surface area contributed by atoms with Crippen LogP contribution in [0.15, 0.2) is 18.2 Å². The van der Waals surface area contributed by atoms with Crippen molar-refractivity contribution in [1.29, 1.82) is 0 Å². The minimum Gasteiger partial charge on any atom is -0.344 e. The van der Waals surface area contributed by atoms with E-state index in [0.717, 1.165) is 14.8 Å². The summed E-state index contributed by atoms with van der Waals surface area (Å²) in [6.45, 7) is 1.95. The number of amides is 2. The van der Waals surface area contributed by atoms with Gasteiger partial charge in [0.05, 0.1) is 0 Å². The molecule has 1 fully saturated rings. The van der Waals surface area contributed by atoms with Crippen molar-refractivity contribution < 1.29 is 9.59 Å². The Labute approximate surface area is 113 Å². The molecule has 1 aliphatic rings. The lowest BCUT2D eigenvalue weighted by Gasteiger charge is -2.12. The third-order valence-corrected chi connectivity index (χ3v) is 3.43. The first-order valence-corrected chi connectivity index (χ1v) is 6.50. The molecule has 2 rings (SSSR count). The smallest absolute Gasteiger partial charge is 0.246 e. The summed E-state index contributed by atoms with van der Waals surface area (Å²) in [5.41, 5.74) is 1.83. The summed E-state index contributed by atoms with van der Waals surface area (Å²) in [7, 11) is 0. The lowest BCUT2D eigenvalue weighted by molar-refractivity contribution is -0.122. The number of rotatable bonds is 2. The summed E-state index contributed by atoms with van der Waals surface area (Å²) < 4.78 is 1.13. The van der Waals surface area contributed by atoms with Gasteiger partial charge < -0.3 is 10.6 Å². The lowest BCUT2D eigenvalue weighted by atomic mass is 10.1. The number of hydrogen-bond donors (Lipinski definition) is 2. The van der Waals surface area contributed by atoms with Crippen molar-refractivity contribution in [2.24, 2.45) is 0 Å². The summed E-state index contributed by atoms with van der Waals surface area (Å²) in [6.07, 6.45) is 1.01. The fourth-order valence-electron chi connectivity index (χ4n) is 1.80. The molecule has 1 heterocycles. The van der Waals surface area contributed by atoms with E-state index in [1.54, 1.807) is 0 Å². The fraction of sp³-hybridized carbons (Fsp3) is 0.333. The number of halogens is 1. The number of aryl methyl sites for hydroxylation is 1. The van der Waals surface area contributed by atoms with Gasteiger partial charge in [-0.3, -0.25) is 9.59 Å². The topological polar surface area (TPSA) is 58.2 Å². The van der Waals surface area contributed by atoms with E-state index in [2.05, 4.69) is 33.2 Å². The standard InChI is InChI=1S/C12H13IN2O2/c1-7-6-8(13)2-3-9(7)15-12(17)10-4-5-11(16)14-10/h2-3,6,10H,4-5H2,1H3,(H,14,16)(H,15,17)/t10-/m1/s1. The normalized spacial score (nSPS) is 18.9. The average molecular weight is 344 g/mol. The van der Waals surface area contributed by atoms with Crippen molar-refractivity contribution in [3.05, 3.63) is 27.3 Å². The molecule has 5 heteroatoms. The summed E-state index contributed by atoms with van der Waals surface area (Å²) in [6, 6.07) is 5.44. The number of benzene rings is 1. The van der Waals surface area contributed by atoms with E-state index < -0.39 is 0 Å². The molecule has 0 unspecified atom stereocenters. The third kappa shape index (κ3) is 2.96. The van der Waals surface area contributed by atoms with E-state index in [-0.39, 0.29) is 17.9 Å². The molecule has 4 nitrogen and oxygen atoms in total. The first-order valence-electron chi connectivity index (χ1n) is 5.42. The molecule has 1 aliphatic heterocycles. The first kappa shape index (κ1) is 12.3. The van der Waals surface area contributed by atoms with Crippen LogP contribution in [0.3, 0.4) is 0 Å². The van der Waals surface area contributed by atoms with Gasteiger partial charge in [0, 0.05) is 15.7 Å². The Balaban J connectivity index is 2.05. The van der Waals surface area contributed by atoms with Crippen LogP contribution in [0.25, 0.3) is 0 Å². The van der Waals surface area contributed by atoms with Crippen LogP contribution in [-0.4, -0.2) is 17.9 Å². The van der Waals surface area contributed by atoms with E-state index in [9.17, 15) is 9.59 Å². The van der Waals surface area contributed by atoms with Gasteiger partial charge in [-0.1, -0.05) is 0 Å². The van der Waals surface area contributed by atoms with Gasteiger partial charge in [0.25, 0.3) is 0 Å². The number of nitrogens with one attached hydrogen (secondary N) is 2. The van der Waals surface area contributed by atoms with Crippen molar-refractivity contribution in [1.82, 2.24) is 5.32 Å². The molecule has 2 amide bonds. The highest BCUT2D eigenvalue weighted by molar-refractivity contribution is 14.1. The Kier molecular flexibility index (Phi) is 3.66. The second-order valence-electron chi connectivity index (χ2n) is 4.11. The molecule has 90 valence electrons. The van der Waals surface area contributed by atoms with Gasteiger partial charge in [-0.25, -0.2) is 0 Å². The fourth-order valence-corrected chi connectivity index (χ4v) is 2.44. The largest absolute Gasteiger partial charge is 0.344 e. The maximum atomic E-state index is 11.9. The van der Waals surface area contributed by atoms with Crippen molar-refractivity contribution in [2.75, 3.05) is 5.32 Å².